The zero-order valence-corrected chi connectivity index (χ0v) is 8.05. The van der Waals surface area contributed by atoms with Crippen molar-refractivity contribution in [2.75, 3.05) is 32.7 Å². The fourth-order valence-electron chi connectivity index (χ4n) is 1.44. The quantitative estimate of drug-likeness (QED) is 0.632. The second kappa shape index (κ2) is 5.33. The SMILES string of the molecule is C=CC(C)CCN1CCNCC1. The molecule has 0 aromatic carbocycles. The van der Waals surface area contributed by atoms with E-state index >= 15 is 0 Å². The minimum Gasteiger partial charge on any atom is -0.314 e. The van der Waals surface area contributed by atoms with Crippen molar-refractivity contribution in [2.45, 2.75) is 13.3 Å². The number of allylic oxidation sites excluding steroid dienone is 1. The van der Waals surface area contributed by atoms with E-state index in [1.807, 2.05) is 6.08 Å². The number of piperazine rings is 1. The van der Waals surface area contributed by atoms with Crippen molar-refractivity contribution in [3.63, 3.8) is 0 Å². The molecule has 1 fully saturated rings. The van der Waals surface area contributed by atoms with Crippen LogP contribution >= 0.6 is 0 Å². The number of nitrogens with one attached hydrogen (secondary N) is 1. The van der Waals surface area contributed by atoms with Crippen LogP contribution in [0.5, 0.6) is 0 Å². The Morgan fingerprint density at radius 3 is 2.75 bits per heavy atom. The van der Waals surface area contributed by atoms with E-state index in [1.165, 1.54) is 26.1 Å². The molecule has 0 radical (unpaired) electrons. The van der Waals surface area contributed by atoms with E-state index in [-0.39, 0.29) is 0 Å². The van der Waals surface area contributed by atoms with E-state index < -0.39 is 0 Å². The number of nitrogens with zero attached hydrogens (tertiary/aromatic N) is 1. The van der Waals surface area contributed by atoms with Gasteiger partial charge in [0.05, 0.1) is 0 Å². The molecule has 1 unspecified atom stereocenters. The molecule has 0 aliphatic carbocycles. The highest BCUT2D eigenvalue weighted by atomic mass is 15.2. The third-order valence-corrected chi connectivity index (χ3v) is 2.51. The number of rotatable bonds is 4. The highest BCUT2D eigenvalue weighted by molar-refractivity contribution is 4.77. The van der Waals surface area contributed by atoms with Crippen LogP contribution in [0.3, 0.4) is 0 Å². The maximum atomic E-state index is 3.79. The molecule has 2 nitrogen and oxygen atoms in total. The second-order valence-corrected chi connectivity index (χ2v) is 3.59. The zero-order valence-electron chi connectivity index (χ0n) is 8.05. The van der Waals surface area contributed by atoms with Crippen molar-refractivity contribution >= 4 is 0 Å². The molecule has 2 heteroatoms. The van der Waals surface area contributed by atoms with E-state index in [1.54, 1.807) is 0 Å². The van der Waals surface area contributed by atoms with Gasteiger partial charge in [0, 0.05) is 26.2 Å². The molecule has 1 saturated heterocycles. The van der Waals surface area contributed by atoms with Crippen LogP contribution in [-0.2, 0) is 0 Å². The highest BCUT2D eigenvalue weighted by Gasteiger charge is 2.09. The van der Waals surface area contributed by atoms with Gasteiger partial charge in [0.25, 0.3) is 0 Å². The minimum absolute atomic E-state index is 0.667. The summed E-state index contributed by atoms with van der Waals surface area (Å²) < 4.78 is 0. The Morgan fingerprint density at radius 1 is 1.50 bits per heavy atom. The van der Waals surface area contributed by atoms with Gasteiger partial charge < -0.3 is 10.2 Å². The van der Waals surface area contributed by atoms with Gasteiger partial charge >= 0.3 is 0 Å². The van der Waals surface area contributed by atoms with Gasteiger partial charge in [0.2, 0.25) is 0 Å². The number of hydrogen-bond acceptors (Lipinski definition) is 2. The van der Waals surface area contributed by atoms with E-state index in [0.717, 1.165) is 13.1 Å². The van der Waals surface area contributed by atoms with E-state index in [0.29, 0.717) is 5.92 Å². The Kier molecular flexibility index (Phi) is 4.33. The fourth-order valence-corrected chi connectivity index (χ4v) is 1.44. The van der Waals surface area contributed by atoms with Crippen LogP contribution in [0.1, 0.15) is 13.3 Å². The Balaban J connectivity index is 2.08. The molecule has 1 atom stereocenters. The Bertz CT molecular complexity index is 128. The lowest BCUT2D eigenvalue weighted by molar-refractivity contribution is 0.231. The van der Waals surface area contributed by atoms with Crippen LogP contribution < -0.4 is 5.32 Å². The molecule has 1 rings (SSSR count). The molecule has 1 N–H and O–H groups in total. The Hall–Kier alpha value is -0.340. The summed E-state index contributed by atoms with van der Waals surface area (Å²) in [6, 6.07) is 0. The molecule has 0 aromatic heterocycles. The van der Waals surface area contributed by atoms with E-state index in [2.05, 4.69) is 23.7 Å². The van der Waals surface area contributed by atoms with Gasteiger partial charge in [0.1, 0.15) is 0 Å². The van der Waals surface area contributed by atoms with E-state index in [4.69, 9.17) is 0 Å². The first-order valence-electron chi connectivity index (χ1n) is 4.88. The van der Waals surface area contributed by atoms with Crippen LogP contribution in [0.15, 0.2) is 12.7 Å². The summed E-state index contributed by atoms with van der Waals surface area (Å²) in [4.78, 5) is 2.52. The third-order valence-electron chi connectivity index (χ3n) is 2.51. The molecule has 0 spiro atoms. The summed E-state index contributed by atoms with van der Waals surface area (Å²) in [7, 11) is 0. The third kappa shape index (κ3) is 3.37. The molecule has 1 aliphatic heterocycles. The van der Waals surface area contributed by atoms with Gasteiger partial charge in [-0.1, -0.05) is 13.0 Å². The van der Waals surface area contributed by atoms with Crippen LogP contribution in [0.2, 0.25) is 0 Å². The summed E-state index contributed by atoms with van der Waals surface area (Å²) in [5.74, 6) is 0.667. The van der Waals surface area contributed by atoms with Gasteiger partial charge in [-0.3, -0.25) is 0 Å². The van der Waals surface area contributed by atoms with Gasteiger partial charge in [-0.25, -0.2) is 0 Å². The predicted octanol–water partition coefficient (Wildman–Crippen LogP) is 1.10. The predicted molar refractivity (Wildman–Crippen MR) is 53.3 cm³/mol. The Labute approximate surface area is 75.6 Å². The van der Waals surface area contributed by atoms with Crippen molar-refractivity contribution < 1.29 is 0 Å². The molecular weight excluding hydrogens is 148 g/mol. The first kappa shape index (κ1) is 9.75. The molecule has 0 bridgehead atoms. The van der Waals surface area contributed by atoms with Gasteiger partial charge in [-0.15, -0.1) is 6.58 Å². The van der Waals surface area contributed by atoms with Crippen molar-refractivity contribution in [1.82, 2.24) is 10.2 Å². The average Bonchev–Trinajstić information content (AvgIpc) is 2.16. The summed E-state index contributed by atoms with van der Waals surface area (Å²) in [5.41, 5.74) is 0. The normalized spacial score (nSPS) is 22.1. The maximum absolute atomic E-state index is 3.79. The van der Waals surface area contributed by atoms with Crippen LogP contribution in [0, 0.1) is 5.92 Å². The molecule has 70 valence electrons. The fraction of sp³-hybridized carbons (Fsp3) is 0.800. The van der Waals surface area contributed by atoms with Gasteiger partial charge in [-0.05, 0) is 18.9 Å². The van der Waals surface area contributed by atoms with Crippen LogP contribution in [0.4, 0.5) is 0 Å². The lowest BCUT2D eigenvalue weighted by Crippen LogP contribution is -2.43. The van der Waals surface area contributed by atoms with Crippen LogP contribution in [0.25, 0.3) is 0 Å². The second-order valence-electron chi connectivity index (χ2n) is 3.59. The van der Waals surface area contributed by atoms with Crippen molar-refractivity contribution in [3.8, 4) is 0 Å². The standard InChI is InChI=1S/C10H20N2/c1-3-10(2)4-7-12-8-5-11-6-9-12/h3,10-11H,1,4-9H2,2H3. The molecule has 0 saturated carbocycles. The summed E-state index contributed by atoms with van der Waals surface area (Å²) in [5, 5.41) is 3.35. The largest absolute Gasteiger partial charge is 0.314 e. The van der Waals surface area contributed by atoms with Crippen molar-refractivity contribution in [2.24, 2.45) is 5.92 Å². The zero-order chi connectivity index (χ0) is 8.81. The number of hydrogen-bond donors (Lipinski definition) is 1. The topological polar surface area (TPSA) is 15.3 Å². The minimum atomic E-state index is 0.667. The lowest BCUT2D eigenvalue weighted by atomic mass is 10.1. The monoisotopic (exact) mass is 168 g/mol. The van der Waals surface area contributed by atoms with Crippen LogP contribution in [-0.4, -0.2) is 37.6 Å². The summed E-state index contributed by atoms with van der Waals surface area (Å²) >= 11 is 0. The Morgan fingerprint density at radius 2 is 2.17 bits per heavy atom. The van der Waals surface area contributed by atoms with Gasteiger partial charge in [-0.2, -0.15) is 0 Å². The highest BCUT2D eigenvalue weighted by Crippen LogP contribution is 2.04. The molecule has 12 heavy (non-hydrogen) atoms. The summed E-state index contributed by atoms with van der Waals surface area (Å²) in [6.07, 6.45) is 3.30. The van der Waals surface area contributed by atoms with Crippen molar-refractivity contribution in [1.29, 1.82) is 0 Å². The molecule has 1 heterocycles. The van der Waals surface area contributed by atoms with Gasteiger partial charge in [0.15, 0.2) is 0 Å². The lowest BCUT2D eigenvalue weighted by Gasteiger charge is -2.27. The maximum Gasteiger partial charge on any atom is 0.0107 e. The smallest absolute Gasteiger partial charge is 0.0107 e. The molecule has 0 aromatic rings. The molecular formula is C10H20N2. The molecule has 0 amide bonds. The first-order chi connectivity index (χ1) is 5.83. The molecule has 1 aliphatic rings. The average molecular weight is 168 g/mol. The first-order valence-corrected chi connectivity index (χ1v) is 4.88. The van der Waals surface area contributed by atoms with E-state index in [9.17, 15) is 0 Å². The summed E-state index contributed by atoms with van der Waals surface area (Å²) in [6.45, 7) is 12.0. The van der Waals surface area contributed by atoms with Crippen molar-refractivity contribution in [3.05, 3.63) is 12.7 Å².